The van der Waals surface area contributed by atoms with Crippen molar-refractivity contribution in [3.05, 3.63) is 33.9 Å². The second kappa shape index (κ2) is 2.71. The SMILES string of the molecule is Cc1ccc2c(F)c(Cl)sc2c1. The molecular formula is C9H6ClFS. The second-order valence-corrected chi connectivity index (χ2v) is 4.34. The Balaban J connectivity index is 2.87. The molecule has 0 unspecified atom stereocenters. The summed E-state index contributed by atoms with van der Waals surface area (Å²) in [7, 11) is 0. The van der Waals surface area contributed by atoms with Crippen molar-refractivity contribution in [2.75, 3.05) is 0 Å². The Labute approximate surface area is 78.6 Å². The van der Waals surface area contributed by atoms with Gasteiger partial charge in [0, 0.05) is 10.1 Å². The first-order valence-electron chi connectivity index (χ1n) is 3.52. The molecule has 1 aromatic heterocycles. The van der Waals surface area contributed by atoms with Crippen molar-refractivity contribution in [2.45, 2.75) is 6.92 Å². The van der Waals surface area contributed by atoms with Crippen LogP contribution in [0.3, 0.4) is 0 Å². The van der Waals surface area contributed by atoms with E-state index in [0.29, 0.717) is 5.39 Å². The maximum absolute atomic E-state index is 13.2. The molecule has 0 nitrogen and oxygen atoms in total. The standard InChI is InChI=1S/C9H6ClFS/c1-5-2-3-6-7(4-5)12-9(10)8(6)11/h2-4H,1H3. The van der Waals surface area contributed by atoms with Gasteiger partial charge in [0.1, 0.15) is 4.34 Å². The van der Waals surface area contributed by atoms with Crippen LogP contribution in [0.4, 0.5) is 4.39 Å². The molecule has 2 aromatic rings. The Kier molecular flexibility index (Phi) is 1.81. The molecule has 0 atom stereocenters. The van der Waals surface area contributed by atoms with Crippen molar-refractivity contribution in [1.29, 1.82) is 0 Å². The highest BCUT2D eigenvalue weighted by Gasteiger charge is 2.08. The fourth-order valence-corrected chi connectivity index (χ4v) is 2.40. The monoisotopic (exact) mass is 200 g/mol. The van der Waals surface area contributed by atoms with Crippen LogP contribution in [-0.2, 0) is 0 Å². The summed E-state index contributed by atoms with van der Waals surface area (Å²) in [4.78, 5) is 0. The van der Waals surface area contributed by atoms with Gasteiger partial charge in [0.2, 0.25) is 0 Å². The zero-order valence-corrected chi connectivity index (χ0v) is 7.97. The number of aryl methyl sites for hydroxylation is 1. The first kappa shape index (κ1) is 8.02. The highest BCUT2D eigenvalue weighted by atomic mass is 35.5. The number of hydrogen-bond donors (Lipinski definition) is 0. The van der Waals surface area contributed by atoms with E-state index >= 15 is 0 Å². The van der Waals surface area contributed by atoms with Crippen molar-refractivity contribution in [3.8, 4) is 0 Å². The van der Waals surface area contributed by atoms with Crippen molar-refractivity contribution in [1.82, 2.24) is 0 Å². The maximum Gasteiger partial charge on any atom is 0.160 e. The Morgan fingerprint density at radius 3 is 2.92 bits per heavy atom. The lowest BCUT2D eigenvalue weighted by atomic mass is 10.2. The molecule has 0 aliphatic carbocycles. The second-order valence-electron chi connectivity index (χ2n) is 2.69. The molecule has 3 heteroatoms. The Hall–Kier alpha value is -0.600. The van der Waals surface area contributed by atoms with Gasteiger partial charge >= 0.3 is 0 Å². The number of halogens is 2. The Morgan fingerprint density at radius 2 is 2.17 bits per heavy atom. The normalized spacial score (nSPS) is 10.9. The summed E-state index contributed by atoms with van der Waals surface area (Å²) in [6, 6.07) is 5.59. The molecule has 1 aromatic carbocycles. The first-order valence-corrected chi connectivity index (χ1v) is 4.72. The topological polar surface area (TPSA) is 0 Å². The summed E-state index contributed by atoms with van der Waals surface area (Å²) in [6.07, 6.45) is 0. The molecule has 62 valence electrons. The third-order valence-corrected chi connectivity index (χ3v) is 3.06. The van der Waals surface area contributed by atoms with E-state index in [0.717, 1.165) is 10.3 Å². The summed E-state index contributed by atoms with van der Waals surface area (Å²) in [5.41, 5.74) is 1.13. The largest absolute Gasteiger partial charge is 0.204 e. The van der Waals surface area contributed by atoms with E-state index in [2.05, 4.69) is 0 Å². The summed E-state index contributed by atoms with van der Waals surface area (Å²) < 4.78 is 14.3. The average Bonchev–Trinajstić information content (AvgIpc) is 2.28. The molecule has 1 heterocycles. The fourth-order valence-electron chi connectivity index (χ4n) is 1.14. The quantitative estimate of drug-likeness (QED) is 0.603. The van der Waals surface area contributed by atoms with Gasteiger partial charge < -0.3 is 0 Å². The molecule has 12 heavy (non-hydrogen) atoms. The van der Waals surface area contributed by atoms with Crippen LogP contribution in [0.15, 0.2) is 18.2 Å². The van der Waals surface area contributed by atoms with Crippen LogP contribution < -0.4 is 0 Å². The van der Waals surface area contributed by atoms with E-state index in [1.165, 1.54) is 11.3 Å². The molecule has 0 aliphatic heterocycles. The van der Waals surface area contributed by atoms with Crippen molar-refractivity contribution in [2.24, 2.45) is 0 Å². The molecule has 0 amide bonds. The number of benzene rings is 1. The van der Waals surface area contributed by atoms with Crippen molar-refractivity contribution >= 4 is 33.0 Å². The van der Waals surface area contributed by atoms with Gasteiger partial charge in [0.15, 0.2) is 5.82 Å². The van der Waals surface area contributed by atoms with Gasteiger partial charge in [0.25, 0.3) is 0 Å². The third-order valence-electron chi connectivity index (χ3n) is 1.75. The smallest absolute Gasteiger partial charge is 0.160 e. The molecule has 0 bridgehead atoms. The van der Waals surface area contributed by atoms with E-state index in [9.17, 15) is 4.39 Å². The summed E-state index contributed by atoms with van der Waals surface area (Å²) in [5.74, 6) is -0.295. The number of fused-ring (bicyclic) bond motifs is 1. The predicted molar refractivity (Wildman–Crippen MR) is 51.5 cm³/mol. The van der Waals surface area contributed by atoms with Gasteiger partial charge in [-0.1, -0.05) is 23.7 Å². The summed E-state index contributed by atoms with van der Waals surface area (Å²) >= 11 is 6.93. The van der Waals surface area contributed by atoms with Crippen LogP contribution in [0.1, 0.15) is 5.56 Å². The van der Waals surface area contributed by atoms with Gasteiger partial charge in [0.05, 0.1) is 0 Å². The molecular weight excluding hydrogens is 195 g/mol. The van der Waals surface area contributed by atoms with Crippen LogP contribution >= 0.6 is 22.9 Å². The van der Waals surface area contributed by atoms with E-state index in [1.807, 2.05) is 19.1 Å². The van der Waals surface area contributed by atoms with Gasteiger partial charge in [-0.05, 0) is 18.6 Å². The van der Waals surface area contributed by atoms with E-state index in [4.69, 9.17) is 11.6 Å². The maximum atomic E-state index is 13.2. The van der Waals surface area contributed by atoms with Crippen LogP contribution in [-0.4, -0.2) is 0 Å². The molecule has 0 N–H and O–H groups in total. The average molecular weight is 201 g/mol. The first-order chi connectivity index (χ1) is 5.68. The molecule has 0 spiro atoms. The van der Waals surface area contributed by atoms with E-state index < -0.39 is 0 Å². The molecule has 0 radical (unpaired) electrons. The predicted octanol–water partition coefficient (Wildman–Crippen LogP) is 4.00. The van der Waals surface area contributed by atoms with Gasteiger partial charge in [-0.3, -0.25) is 0 Å². The summed E-state index contributed by atoms with van der Waals surface area (Å²) in [6.45, 7) is 1.98. The lowest BCUT2D eigenvalue weighted by Crippen LogP contribution is -1.71. The zero-order valence-electron chi connectivity index (χ0n) is 6.40. The van der Waals surface area contributed by atoms with E-state index in [1.54, 1.807) is 6.07 Å². The number of rotatable bonds is 0. The number of hydrogen-bond acceptors (Lipinski definition) is 1. The minimum absolute atomic E-state index is 0.246. The zero-order chi connectivity index (χ0) is 8.72. The lowest BCUT2D eigenvalue weighted by Gasteiger charge is -1.90. The van der Waals surface area contributed by atoms with Crippen molar-refractivity contribution in [3.63, 3.8) is 0 Å². The van der Waals surface area contributed by atoms with Crippen LogP contribution in [0, 0.1) is 12.7 Å². The minimum atomic E-state index is -0.295. The Morgan fingerprint density at radius 1 is 1.42 bits per heavy atom. The Bertz CT molecular complexity index is 433. The van der Waals surface area contributed by atoms with Crippen LogP contribution in [0.25, 0.3) is 10.1 Å². The van der Waals surface area contributed by atoms with Crippen LogP contribution in [0.2, 0.25) is 4.34 Å². The van der Waals surface area contributed by atoms with E-state index in [-0.39, 0.29) is 10.2 Å². The lowest BCUT2D eigenvalue weighted by molar-refractivity contribution is 0.644. The van der Waals surface area contributed by atoms with Gasteiger partial charge in [-0.2, -0.15) is 0 Å². The van der Waals surface area contributed by atoms with Crippen LogP contribution in [0.5, 0.6) is 0 Å². The third kappa shape index (κ3) is 1.11. The van der Waals surface area contributed by atoms with Gasteiger partial charge in [-0.25, -0.2) is 4.39 Å². The highest BCUT2D eigenvalue weighted by Crippen LogP contribution is 2.33. The summed E-state index contributed by atoms with van der Waals surface area (Å²) in [5, 5.41) is 0.621. The molecule has 0 aliphatic rings. The minimum Gasteiger partial charge on any atom is -0.204 e. The molecule has 0 saturated carbocycles. The van der Waals surface area contributed by atoms with Gasteiger partial charge in [-0.15, -0.1) is 11.3 Å². The molecule has 2 rings (SSSR count). The van der Waals surface area contributed by atoms with Crippen molar-refractivity contribution < 1.29 is 4.39 Å². The highest BCUT2D eigenvalue weighted by molar-refractivity contribution is 7.22. The molecule has 0 fully saturated rings. The number of thiophene rings is 1. The fraction of sp³-hybridized carbons (Fsp3) is 0.111. The molecule has 0 saturated heterocycles.